The van der Waals surface area contributed by atoms with Crippen molar-refractivity contribution < 1.29 is 14.3 Å². The fraction of sp³-hybridized carbons (Fsp3) is 0.652. The molecule has 2 aliphatic heterocycles. The van der Waals surface area contributed by atoms with E-state index in [0.29, 0.717) is 24.3 Å². The van der Waals surface area contributed by atoms with E-state index >= 15 is 0 Å². The minimum absolute atomic E-state index is 0.0279. The molecule has 0 radical (unpaired) electrons. The summed E-state index contributed by atoms with van der Waals surface area (Å²) in [5.74, 6) is 1.51. The number of nitrogens with zero attached hydrogens (tertiary/aromatic N) is 2. The number of piperazine rings is 1. The Labute approximate surface area is 168 Å². The summed E-state index contributed by atoms with van der Waals surface area (Å²) in [4.78, 5) is 29.3. The third-order valence-corrected chi connectivity index (χ3v) is 6.92. The van der Waals surface area contributed by atoms with Gasteiger partial charge < -0.3 is 9.64 Å². The number of hydrogen-bond donors (Lipinski definition) is 0. The topological polar surface area (TPSA) is 49.9 Å². The van der Waals surface area contributed by atoms with E-state index in [-0.39, 0.29) is 30.7 Å². The van der Waals surface area contributed by atoms with Crippen LogP contribution in [-0.2, 0) is 16.0 Å². The quantitative estimate of drug-likeness (QED) is 0.774. The molecule has 1 saturated heterocycles. The molecule has 1 unspecified atom stereocenters. The molecule has 1 aromatic carbocycles. The van der Waals surface area contributed by atoms with Crippen molar-refractivity contribution in [3.63, 3.8) is 0 Å². The Bertz CT molecular complexity index is 747. The summed E-state index contributed by atoms with van der Waals surface area (Å²) < 4.78 is 6.01. The molecule has 0 bridgehead atoms. The van der Waals surface area contributed by atoms with Crippen LogP contribution in [0.1, 0.15) is 57.2 Å². The van der Waals surface area contributed by atoms with E-state index in [9.17, 15) is 9.59 Å². The fourth-order valence-corrected chi connectivity index (χ4v) is 5.27. The molecule has 4 atom stereocenters. The highest BCUT2D eigenvalue weighted by molar-refractivity contribution is 5.84. The fourth-order valence-electron chi connectivity index (χ4n) is 5.27. The van der Waals surface area contributed by atoms with Gasteiger partial charge in [-0.15, -0.1) is 0 Å². The summed E-state index contributed by atoms with van der Waals surface area (Å²) in [5.41, 5.74) is 2.46. The molecule has 3 aliphatic rings. The third-order valence-electron chi connectivity index (χ3n) is 6.92. The number of carbonyl (C=O) groups is 2. The van der Waals surface area contributed by atoms with Gasteiger partial charge in [0.15, 0.2) is 0 Å². The molecule has 28 heavy (non-hydrogen) atoms. The number of ether oxygens (including phenoxy) is 1. The molecular formula is C23H32N2O3. The average Bonchev–Trinajstić information content (AvgIpc) is 2.67. The van der Waals surface area contributed by atoms with Crippen LogP contribution >= 0.6 is 0 Å². The second-order valence-electron chi connectivity index (χ2n) is 9.18. The molecule has 4 rings (SSSR count). The first-order chi connectivity index (χ1) is 13.4. The highest BCUT2D eigenvalue weighted by Gasteiger charge is 2.40. The van der Waals surface area contributed by atoms with Crippen LogP contribution in [0.3, 0.4) is 0 Å². The summed E-state index contributed by atoms with van der Waals surface area (Å²) >= 11 is 0. The monoisotopic (exact) mass is 384 g/mol. The van der Waals surface area contributed by atoms with Gasteiger partial charge in [-0.25, -0.2) is 4.79 Å². The van der Waals surface area contributed by atoms with Gasteiger partial charge in [-0.3, -0.25) is 9.69 Å². The molecule has 1 aliphatic carbocycles. The molecule has 5 nitrogen and oxygen atoms in total. The molecule has 0 aromatic heterocycles. The number of carbonyl (C=O) groups excluding carboxylic acids is 2. The summed E-state index contributed by atoms with van der Waals surface area (Å²) in [7, 11) is 0. The van der Waals surface area contributed by atoms with Crippen molar-refractivity contribution >= 4 is 12.0 Å². The van der Waals surface area contributed by atoms with Gasteiger partial charge in [-0.2, -0.15) is 0 Å². The van der Waals surface area contributed by atoms with E-state index in [1.165, 1.54) is 17.5 Å². The van der Waals surface area contributed by atoms with Crippen LogP contribution in [-0.4, -0.2) is 47.5 Å². The second kappa shape index (κ2) is 7.76. The van der Waals surface area contributed by atoms with Gasteiger partial charge in [0.25, 0.3) is 0 Å². The first-order valence-corrected chi connectivity index (χ1v) is 10.8. The van der Waals surface area contributed by atoms with E-state index in [4.69, 9.17) is 4.74 Å². The van der Waals surface area contributed by atoms with Gasteiger partial charge in [0.1, 0.15) is 12.6 Å². The van der Waals surface area contributed by atoms with Gasteiger partial charge in [0.2, 0.25) is 5.91 Å². The predicted octanol–water partition coefficient (Wildman–Crippen LogP) is 4.03. The smallest absolute Gasteiger partial charge is 0.410 e. The zero-order chi connectivity index (χ0) is 19.8. The first kappa shape index (κ1) is 19.3. The molecular weight excluding hydrogens is 352 g/mol. The predicted molar refractivity (Wildman–Crippen MR) is 108 cm³/mol. The molecule has 5 heteroatoms. The van der Waals surface area contributed by atoms with E-state index in [2.05, 4.69) is 32.9 Å². The Balaban J connectivity index is 1.49. The van der Waals surface area contributed by atoms with Crippen LogP contribution in [0.15, 0.2) is 24.3 Å². The zero-order valence-electron chi connectivity index (χ0n) is 17.3. The third kappa shape index (κ3) is 3.63. The van der Waals surface area contributed by atoms with Crippen molar-refractivity contribution in [2.75, 3.05) is 19.6 Å². The second-order valence-corrected chi connectivity index (χ2v) is 9.18. The van der Waals surface area contributed by atoms with Crippen LogP contribution < -0.4 is 0 Å². The van der Waals surface area contributed by atoms with E-state index in [1.54, 1.807) is 4.90 Å². The lowest BCUT2D eigenvalue weighted by atomic mass is 9.75. The SMILES string of the molecule is CC(C)[C@@H]1CC[C@@H](C)C[C@H]1OC(=O)N1CC(=O)N2CCc3ccccc3C2C1. The Morgan fingerprint density at radius 1 is 1.21 bits per heavy atom. The first-order valence-electron chi connectivity index (χ1n) is 10.8. The lowest BCUT2D eigenvalue weighted by molar-refractivity contribution is -0.140. The molecule has 0 spiro atoms. The number of fused-ring (bicyclic) bond motifs is 3. The van der Waals surface area contributed by atoms with Gasteiger partial charge in [0, 0.05) is 13.1 Å². The molecule has 2 fully saturated rings. The maximum Gasteiger partial charge on any atom is 0.410 e. The molecule has 1 aromatic rings. The van der Waals surface area contributed by atoms with E-state index < -0.39 is 0 Å². The van der Waals surface area contributed by atoms with Gasteiger partial charge in [0.05, 0.1) is 6.04 Å². The minimum Gasteiger partial charge on any atom is -0.446 e. The number of benzene rings is 1. The zero-order valence-corrected chi connectivity index (χ0v) is 17.3. The van der Waals surface area contributed by atoms with Gasteiger partial charge in [-0.1, -0.05) is 51.5 Å². The Morgan fingerprint density at radius 2 is 2.00 bits per heavy atom. The van der Waals surface area contributed by atoms with Crippen molar-refractivity contribution in [1.29, 1.82) is 0 Å². The number of rotatable bonds is 2. The minimum atomic E-state index is -0.319. The highest BCUT2D eigenvalue weighted by atomic mass is 16.6. The van der Waals surface area contributed by atoms with Crippen LogP contribution in [0.4, 0.5) is 4.79 Å². The lowest BCUT2D eigenvalue weighted by Gasteiger charge is -2.45. The highest BCUT2D eigenvalue weighted by Crippen LogP contribution is 2.37. The van der Waals surface area contributed by atoms with Gasteiger partial charge in [-0.05, 0) is 48.1 Å². The van der Waals surface area contributed by atoms with Crippen molar-refractivity contribution in [3.05, 3.63) is 35.4 Å². The van der Waals surface area contributed by atoms with Crippen molar-refractivity contribution in [1.82, 2.24) is 9.80 Å². The number of hydrogen-bond acceptors (Lipinski definition) is 3. The summed E-state index contributed by atoms with van der Waals surface area (Å²) in [6.45, 7) is 8.05. The van der Waals surface area contributed by atoms with Crippen LogP contribution in [0.25, 0.3) is 0 Å². The largest absolute Gasteiger partial charge is 0.446 e. The molecule has 2 amide bonds. The van der Waals surface area contributed by atoms with Crippen LogP contribution in [0.5, 0.6) is 0 Å². The Kier molecular flexibility index (Phi) is 5.35. The normalized spacial score (nSPS) is 30.1. The average molecular weight is 385 g/mol. The van der Waals surface area contributed by atoms with Crippen molar-refractivity contribution in [2.24, 2.45) is 17.8 Å². The Morgan fingerprint density at radius 3 is 2.79 bits per heavy atom. The van der Waals surface area contributed by atoms with Gasteiger partial charge >= 0.3 is 6.09 Å². The number of amides is 2. The maximum atomic E-state index is 13.0. The summed E-state index contributed by atoms with van der Waals surface area (Å²) in [5, 5.41) is 0. The molecule has 152 valence electrons. The molecule has 2 heterocycles. The summed E-state index contributed by atoms with van der Waals surface area (Å²) in [6.07, 6.45) is 3.77. The van der Waals surface area contributed by atoms with E-state index in [1.807, 2.05) is 17.0 Å². The van der Waals surface area contributed by atoms with Crippen molar-refractivity contribution in [2.45, 2.75) is 58.6 Å². The maximum absolute atomic E-state index is 13.0. The standard InChI is InChI=1S/C23H32N2O3/c1-15(2)18-9-8-16(3)12-21(18)28-23(27)24-13-20-19-7-5-4-6-17(19)10-11-25(20)22(26)14-24/h4-7,15-16,18,20-21H,8-14H2,1-3H3/t16-,18+,20?,21-/m1/s1. The molecule has 1 saturated carbocycles. The van der Waals surface area contributed by atoms with Crippen molar-refractivity contribution in [3.8, 4) is 0 Å². The van der Waals surface area contributed by atoms with Crippen LogP contribution in [0.2, 0.25) is 0 Å². The van der Waals surface area contributed by atoms with Crippen LogP contribution in [0, 0.1) is 17.8 Å². The molecule has 0 N–H and O–H groups in total. The lowest BCUT2D eigenvalue weighted by Crippen LogP contribution is -2.56. The summed E-state index contributed by atoms with van der Waals surface area (Å²) in [6, 6.07) is 8.23. The van der Waals surface area contributed by atoms with E-state index in [0.717, 1.165) is 25.8 Å². The Hall–Kier alpha value is -2.04.